The van der Waals surface area contributed by atoms with Crippen LogP contribution in [0.4, 0.5) is 5.69 Å². The Morgan fingerprint density at radius 3 is 2.89 bits per heavy atom. The molecule has 0 saturated carbocycles. The molecule has 1 aromatic heterocycles. The average Bonchev–Trinajstić information content (AvgIpc) is 2.73. The van der Waals surface area contributed by atoms with E-state index in [1.807, 2.05) is 0 Å². The Hall–Kier alpha value is -2.15. The van der Waals surface area contributed by atoms with Gasteiger partial charge in [-0.05, 0) is 19.1 Å². The number of ether oxygens (including phenoxy) is 1. The Morgan fingerprint density at radius 2 is 2.32 bits per heavy atom. The van der Waals surface area contributed by atoms with E-state index in [4.69, 9.17) is 10.5 Å². The normalized spacial score (nSPS) is 26.1. The summed E-state index contributed by atoms with van der Waals surface area (Å²) in [5, 5.41) is 11.8. The molecule has 1 aliphatic rings. The molecule has 4 N–H and O–H groups in total. The highest BCUT2D eigenvalue weighted by Gasteiger charge is 2.47. The van der Waals surface area contributed by atoms with Gasteiger partial charge < -0.3 is 20.9 Å². The van der Waals surface area contributed by atoms with Crippen LogP contribution in [0.25, 0.3) is 0 Å². The van der Waals surface area contributed by atoms with Gasteiger partial charge in [0.2, 0.25) is 0 Å². The molecule has 2 rings (SSSR count). The number of carboxylic acids is 1. The van der Waals surface area contributed by atoms with Crippen LogP contribution in [0.3, 0.4) is 0 Å². The van der Waals surface area contributed by atoms with Crippen molar-refractivity contribution in [2.75, 3.05) is 18.9 Å². The number of amides is 1. The summed E-state index contributed by atoms with van der Waals surface area (Å²) in [6.45, 7) is 1.79. The van der Waals surface area contributed by atoms with Crippen LogP contribution in [0.1, 0.15) is 17.4 Å². The third-order valence-corrected chi connectivity index (χ3v) is 3.27. The molecule has 1 fully saturated rings. The first-order valence-electron chi connectivity index (χ1n) is 5.77. The van der Waals surface area contributed by atoms with Crippen LogP contribution in [0.2, 0.25) is 0 Å². The largest absolute Gasteiger partial charge is 0.481 e. The minimum atomic E-state index is -1.12. The van der Waals surface area contributed by atoms with Crippen LogP contribution < -0.4 is 11.1 Å². The molecular weight excluding hydrogens is 250 g/mol. The average molecular weight is 265 g/mol. The van der Waals surface area contributed by atoms with Gasteiger partial charge >= 0.3 is 5.97 Å². The maximum Gasteiger partial charge on any atom is 0.313 e. The lowest BCUT2D eigenvalue weighted by Gasteiger charge is -2.25. The number of carbonyl (C=O) groups excluding carboxylic acids is 1. The molecule has 2 heterocycles. The van der Waals surface area contributed by atoms with Gasteiger partial charge in [-0.25, -0.2) is 4.98 Å². The lowest BCUT2D eigenvalue weighted by molar-refractivity contribution is -0.148. The van der Waals surface area contributed by atoms with E-state index in [0.29, 0.717) is 5.69 Å². The van der Waals surface area contributed by atoms with Crippen molar-refractivity contribution in [3.63, 3.8) is 0 Å². The number of nitrogen functional groups attached to an aromatic ring is 1. The summed E-state index contributed by atoms with van der Waals surface area (Å²) in [5.74, 6) is -1.44. The maximum absolute atomic E-state index is 12.0. The van der Waals surface area contributed by atoms with Crippen molar-refractivity contribution >= 4 is 17.6 Å². The van der Waals surface area contributed by atoms with Crippen molar-refractivity contribution in [3.8, 4) is 0 Å². The minimum Gasteiger partial charge on any atom is -0.481 e. The molecule has 1 aliphatic heterocycles. The fraction of sp³-hybridized carbons (Fsp3) is 0.417. The van der Waals surface area contributed by atoms with Crippen LogP contribution in [0.15, 0.2) is 18.3 Å². The molecule has 1 saturated heterocycles. The fourth-order valence-corrected chi connectivity index (χ4v) is 1.86. The van der Waals surface area contributed by atoms with Gasteiger partial charge in [-0.1, -0.05) is 0 Å². The van der Waals surface area contributed by atoms with Crippen LogP contribution in [-0.4, -0.2) is 41.2 Å². The monoisotopic (exact) mass is 265 g/mol. The highest BCUT2D eigenvalue weighted by Crippen LogP contribution is 2.28. The van der Waals surface area contributed by atoms with E-state index in [1.54, 1.807) is 13.0 Å². The molecule has 1 aromatic rings. The molecule has 1 amide bonds. The molecule has 0 radical (unpaired) electrons. The Kier molecular flexibility index (Phi) is 3.39. The summed E-state index contributed by atoms with van der Waals surface area (Å²) in [5.41, 5.74) is 5.00. The van der Waals surface area contributed by atoms with Gasteiger partial charge in [0.25, 0.3) is 5.91 Å². The van der Waals surface area contributed by atoms with Gasteiger partial charge in [-0.3, -0.25) is 9.59 Å². The molecule has 0 spiro atoms. The first kappa shape index (κ1) is 13.3. The van der Waals surface area contributed by atoms with Gasteiger partial charge in [0, 0.05) is 0 Å². The van der Waals surface area contributed by atoms with E-state index in [-0.39, 0.29) is 18.9 Å². The number of hydrogen-bond donors (Lipinski definition) is 3. The van der Waals surface area contributed by atoms with Crippen molar-refractivity contribution in [2.24, 2.45) is 5.41 Å². The van der Waals surface area contributed by atoms with E-state index >= 15 is 0 Å². The summed E-state index contributed by atoms with van der Waals surface area (Å²) < 4.78 is 5.15. The molecule has 0 bridgehead atoms. The lowest BCUT2D eigenvalue weighted by Crippen LogP contribution is -2.49. The van der Waals surface area contributed by atoms with Gasteiger partial charge in [-0.15, -0.1) is 0 Å². The SMILES string of the molecule is CC1(C(=O)O)COCC1NC(=O)c1ccc(N)cn1. The Morgan fingerprint density at radius 1 is 1.58 bits per heavy atom. The third-order valence-electron chi connectivity index (χ3n) is 3.27. The number of aromatic nitrogens is 1. The molecule has 0 aromatic carbocycles. The van der Waals surface area contributed by atoms with Gasteiger partial charge in [0.1, 0.15) is 11.1 Å². The maximum atomic E-state index is 12.0. The highest BCUT2D eigenvalue weighted by atomic mass is 16.5. The van der Waals surface area contributed by atoms with Crippen molar-refractivity contribution in [1.29, 1.82) is 0 Å². The molecule has 7 nitrogen and oxygen atoms in total. The van der Waals surface area contributed by atoms with E-state index in [9.17, 15) is 14.7 Å². The number of nitrogens with zero attached hydrogens (tertiary/aromatic N) is 1. The molecule has 19 heavy (non-hydrogen) atoms. The zero-order chi connectivity index (χ0) is 14.0. The molecule has 2 atom stereocenters. The zero-order valence-electron chi connectivity index (χ0n) is 10.4. The number of nitrogens with one attached hydrogen (secondary N) is 1. The Labute approximate surface area is 109 Å². The quantitative estimate of drug-likeness (QED) is 0.702. The lowest BCUT2D eigenvalue weighted by atomic mass is 9.85. The number of pyridine rings is 1. The molecule has 2 unspecified atom stereocenters. The van der Waals surface area contributed by atoms with Gasteiger partial charge in [0.15, 0.2) is 0 Å². The van der Waals surface area contributed by atoms with Crippen LogP contribution in [-0.2, 0) is 9.53 Å². The zero-order valence-corrected chi connectivity index (χ0v) is 10.4. The van der Waals surface area contributed by atoms with Crippen LogP contribution in [0.5, 0.6) is 0 Å². The van der Waals surface area contributed by atoms with E-state index in [0.717, 1.165) is 0 Å². The molecule has 7 heteroatoms. The van der Waals surface area contributed by atoms with Crippen LogP contribution >= 0.6 is 0 Å². The number of aliphatic carboxylic acids is 1. The second-order valence-electron chi connectivity index (χ2n) is 4.74. The number of anilines is 1. The predicted molar refractivity (Wildman–Crippen MR) is 66.5 cm³/mol. The fourth-order valence-electron chi connectivity index (χ4n) is 1.86. The Bertz CT molecular complexity index is 502. The van der Waals surface area contributed by atoms with E-state index in [2.05, 4.69) is 10.3 Å². The standard InChI is InChI=1S/C12H15N3O4/c1-12(11(17)18)6-19-5-9(12)15-10(16)8-3-2-7(13)4-14-8/h2-4,9H,5-6,13H2,1H3,(H,15,16)(H,17,18). The highest BCUT2D eigenvalue weighted by molar-refractivity contribution is 5.93. The first-order valence-corrected chi connectivity index (χ1v) is 5.77. The summed E-state index contributed by atoms with van der Waals surface area (Å²) in [6, 6.07) is 2.46. The topological polar surface area (TPSA) is 115 Å². The van der Waals surface area contributed by atoms with Crippen molar-refractivity contribution in [2.45, 2.75) is 13.0 Å². The summed E-state index contributed by atoms with van der Waals surface area (Å²) in [6.07, 6.45) is 1.37. The third kappa shape index (κ3) is 2.50. The summed E-state index contributed by atoms with van der Waals surface area (Å²) in [7, 11) is 0. The van der Waals surface area contributed by atoms with Crippen molar-refractivity contribution in [1.82, 2.24) is 10.3 Å². The molecule has 0 aliphatic carbocycles. The molecule has 102 valence electrons. The van der Waals surface area contributed by atoms with Gasteiger partial charge in [0.05, 0.1) is 31.1 Å². The number of carboxylic acid groups (broad SMARTS) is 1. The molecular formula is C12H15N3O4. The predicted octanol–water partition coefficient (Wildman–Crippen LogP) is -0.117. The van der Waals surface area contributed by atoms with Gasteiger partial charge in [-0.2, -0.15) is 0 Å². The number of hydrogen-bond acceptors (Lipinski definition) is 5. The second-order valence-corrected chi connectivity index (χ2v) is 4.74. The number of carbonyl (C=O) groups is 2. The van der Waals surface area contributed by atoms with E-state index in [1.165, 1.54) is 12.3 Å². The second kappa shape index (κ2) is 4.85. The summed E-state index contributed by atoms with van der Waals surface area (Å²) >= 11 is 0. The number of rotatable bonds is 3. The van der Waals surface area contributed by atoms with Crippen molar-refractivity contribution < 1.29 is 19.4 Å². The summed E-state index contributed by atoms with van der Waals surface area (Å²) in [4.78, 5) is 27.1. The van der Waals surface area contributed by atoms with E-state index < -0.39 is 23.3 Å². The van der Waals surface area contributed by atoms with Crippen LogP contribution in [0, 0.1) is 5.41 Å². The first-order chi connectivity index (χ1) is 8.93. The minimum absolute atomic E-state index is 0.0719. The smallest absolute Gasteiger partial charge is 0.313 e. The number of nitrogens with two attached hydrogens (primary N) is 1. The van der Waals surface area contributed by atoms with Crippen molar-refractivity contribution in [3.05, 3.63) is 24.0 Å². The Balaban J connectivity index is 2.10.